The summed E-state index contributed by atoms with van der Waals surface area (Å²) in [5.74, 6) is 2.55. The van der Waals surface area contributed by atoms with Gasteiger partial charge in [-0.15, -0.1) is 16.8 Å². The number of allylic oxidation sites excluding steroid dienone is 1. The summed E-state index contributed by atoms with van der Waals surface area (Å²) in [7, 11) is 0. The lowest BCUT2D eigenvalue weighted by Gasteiger charge is -2.06. The summed E-state index contributed by atoms with van der Waals surface area (Å²) in [5.41, 5.74) is 0. The van der Waals surface area contributed by atoms with Crippen LogP contribution in [0.25, 0.3) is 0 Å². The van der Waals surface area contributed by atoms with Crippen molar-refractivity contribution < 1.29 is 0 Å². The van der Waals surface area contributed by atoms with E-state index in [9.17, 15) is 0 Å². The van der Waals surface area contributed by atoms with Gasteiger partial charge in [0.2, 0.25) is 0 Å². The lowest BCUT2D eigenvalue weighted by atomic mass is 10.4. The Labute approximate surface area is 108 Å². The molecule has 5 heteroatoms. The lowest BCUT2D eigenvalue weighted by molar-refractivity contribution is 0.682. The van der Waals surface area contributed by atoms with Crippen LogP contribution in [0.2, 0.25) is 0 Å². The molecule has 0 aromatic carbocycles. The van der Waals surface area contributed by atoms with Gasteiger partial charge >= 0.3 is 0 Å². The van der Waals surface area contributed by atoms with Crippen LogP contribution in [0.4, 0.5) is 0 Å². The highest BCUT2D eigenvalue weighted by atomic mass is 79.9. The lowest BCUT2D eigenvalue weighted by Crippen LogP contribution is -2.02. The van der Waals surface area contributed by atoms with E-state index in [-0.39, 0.29) is 0 Å². The molecule has 0 bridgehead atoms. The second kappa shape index (κ2) is 5.19. The Hall–Kier alpha value is -0.550. The Kier molecular flexibility index (Phi) is 3.86. The fraction of sp³-hybridized carbons (Fsp3) is 0.455. The Morgan fingerprint density at radius 2 is 2.31 bits per heavy atom. The quantitative estimate of drug-likeness (QED) is 0.596. The van der Waals surface area contributed by atoms with Crippen LogP contribution in [0.5, 0.6) is 0 Å². The number of halogens is 1. The van der Waals surface area contributed by atoms with Crippen molar-refractivity contribution in [2.24, 2.45) is 0 Å². The van der Waals surface area contributed by atoms with E-state index in [1.807, 2.05) is 6.08 Å². The van der Waals surface area contributed by atoms with Gasteiger partial charge in [-0.05, 0) is 17.3 Å². The highest BCUT2D eigenvalue weighted by Crippen LogP contribution is 2.40. The number of rotatable bonds is 6. The van der Waals surface area contributed by atoms with Gasteiger partial charge in [-0.1, -0.05) is 40.3 Å². The van der Waals surface area contributed by atoms with Gasteiger partial charge < -0.3 is 4.57 Å². The van der Waals surface area contributed by atoms with E-state index in [1.165, 1.54) is 12.8 Å². The topological polar surface area (TPSA) is 30.7 Å². The molecule has 1 saturated carbocycles. The van der Waals surface area contributed by atoms with Crippen LogP contribution in [0.1, 0.15) is 24.6 Å². The van der Waals surface area contributed by atoms with Crippen molar-refractivity contribution in [2.75, 3.05) is 5.75 Å². The molecular formula is C11H14BrN3S. The zero-order valence-corrected chi connectivity index (χ0v) is 11.4. The van der Waals surface area contributed by atoms with Crippen LogP contribution in [0.3, 0.4) is 0 Å². The molecule has 1 aliphatic rings. The molecule has 0 radical (unpaired) electrons. The Bertz CT molecular complexity index is 409. The second-order valence-corrected chi connectivity index (χ2v) is 5.88. The molecule has 0 amide bonds. The fourth-order valence-corrected chi connectivity index (χ4v) is 2.55. The predicted molar refractivity (Wildman–Crippen MR) is 71.0 cm³/mol. The smallest absolute Gasteiger partial charge is 0.191 e. The minimum Gasteiger partial charge on any atom is -0.302 e. The highest BCUT2D eigenvalue weighted by Gasteiger charge is 2.29. The van der Waals surface area contributed by atoms with Gasteiger partial charge in [-0.2, -0.15) is 0 Å². The molecule has 1 aromatic rings. The molecule has 0 aliphatic heterocycles. The van der Waals surface area contributed by atoms with Crippen LogP contribution in [0, 0.1) is 0 Å². The zero-order valence-electron chi connectivity index (χ0n) is 9.03. The maximum absolute atomic E-state index is 4.27. The third-order valence-electron chi connectivity index (χ3n) is 2.36. The molecule has 2 rings (SSSR count). The van der Waals surface area contributed by atoms with Crippen molar-refractivity contribution in [1.29, 1.82) is 0 Å². The molecule has 86 valence electrons. The van der Waals surface area contributed by atoms with Gasteiger partial charge in [-0.3, -0.25) is 0 Å². The first-order chi connectivity index (χ1) is 7.72. The largest absolute Gasteiger partial charge is 0.302 e. The van der Waals surface area contributed by atoms with E-state index in [4.69, 9.17) is 0 Å². The van der Waals surface area contributed by atoms with Crippen LogP contribution < -0.4 is 0 Å². The SMILES string of the molecule is C=CCn1c(SCC(=C)Br)nnc1C1CC1. The number of aromatic nitrogens is 3. The monoisotopic (exact) mass is 299 g/mol. The molecular weight excluding hydrogens is 286 g/mol. The van der Waals surface area contributed by atoms with Gasteiger partial charge in [0.05, 0.1) is 0 Å². The van der Waals surface area contributed by atoms with E-state index < -0.39 is 0 Å². The van der Waals surface area contributed by atoms with Crippen molar-refractivity contribution in [3.8, 4) is 0 Å². The van der Waals surface area contributed by atoms with E-state index >= 15 is 0 Å². The van der Waals surface area contributed by atoms with Gasteiger partial charge in [0.1, 0.15) is 5.82 Å². The molecule has 3 nitrogen and oxygen atoms in total. The standard InChI is InChI=1S/C11H14BrN3S/c1-3-6-15-10(9-4-5-9)13-14-11(15)16-7-8(2)12/h3,9H,1-2,4-7H2. The number of hydrogen-bond donors (Lipinski definition) is 0. The van der Waals surface area contributed by atoms with Crippen molar-refractivity contribution in [2.45, 2.75) is 30.5 Å². The molecule has 0 spiro atoms. The average Bonchev–Trinajstić information content (AvgIpc) is 3.00. The van der Waals surface area contributed by atoms with Gasteiger partial charge in [0.25, 0.3) is 0 Å². The summed E-state index contributed by atoms with van der Waals surface area (Å²) < 4.78 is 3.13. The van der Waals surface area contributed by atoms with Gasteiger partial charge in [-0.25, -0.2) is 0 Å². The Morgan fingerprint density at radius 1 is 1.56 bits per heavy atom. The highest BCUT2D eigenvalue weighted by molar-refractivity contribution is 9.11. The molecule has 1 fully saturated rings. The summed E-state index contributed by atoms with van der Waals surface area (Å²) in [6.45, 7) is 8.39. The van der Waals surface area contributed by atoms with E-state index in [1.54, 1.807) is 11.8 Å². The summed E-state index contributed by atoms with van der Waals surface area (Å²) in [4.78, 5) is 0. The van der Waals surface area contributed by atoms with Gasteiger partial charge in [0, 0.05) is 18.2 Å². The Morgan fingerprint density at radius 3 is 2.88 bits per heavy atom. The molecule has 0 N–H and O–H groups in total. The molecule has 1 aliphatic carbocycles. The second-order valence-electron chi connectivity index (χ2n) is 3.82. The third-order valence-corrected chi connectivity index (χ3v) is 4.06. The normalized spacial score (nSPS) is 15.1. The first-order valence-electron chi connectivity index (χ1n) is 5.22. The van der Waals surface area contributed by atoms with Crippen molar-refractivity contribution in [3.05, 3.63) is 29.5 Å². The van der Waals surface area contributed by atoms with Crippen molar-refractivity contribution in [1.82, 2.24) is 14.8 Å². The maximum Gasteiger partial charge on any atom is 0.191 e. The minimum absolute atomic E-state index is 0.619. The van der Waals surface area contributed by atoms with Crippen LogP contribution in [0.15, 0.2) is 28.9 Å². The zero-order chi connectivity index (χ0) is 11.5. The summed E-state index contributed by atoms with van der Waals surface area (Å²) >= 11 is 5.01. The van der Waals surface area contributed by atoms with Crippen LogP contribution in [-0.2, 0) is 6.54 Å². The number of hydrogen-bond acceptors (Lipinski definition) is 3. The van der Waals surface area contributed by atoms with Crippen molar-refractivity contribution in [3.63, 3.8) is 0 Å². The molecule has 0 saturated heterocycles. The summed E-state index contributed by atoms with van der Waals surface area (Å²) in [6, 6.07) is 0. The molecule has 1 heterocycles. The van der Waals surface area contributed by atoms with E-state index in [0.717, 1.165) is 27.8 Å². The molecule has 1 aromatic heterocycles. The molecule has 0 atom stereocenters. The summed E-state index contributed by atoms with van der Waals surface area (Å²) in [5, 5.41) is 9.47. The van der Waals surface area contributed by atoms with Crippen LogP contribution in [-0.4, -0.2) is 20.5 Å². The number of nitrogens with zero attached hydrogens (tertiary/aromatic N) is 3. The van der Waals surface area contributed by atoms with Crippen molar-refractivity contribution >= 4 is 27.7 Å². The first kappa shape index (κ1) is 11.9. The maximum atomic E-state index is 4.27. The third kappa shape index (κ3) is 2.77. The van der Waals surface area contributed by atoms with E-state index in [0.29, 0.717) is 5.92 Å². The molecule has 16 heavy (non-hydrogen) atoms. The Balaban J connectivity index is 2.15. The van der Waals surface area contributed by atoms with Crippen LogP contribution >= 0.6 is 27.7 Å². The predicted octanol–water partition coefficient (Wildman–Crippen LogP) is 3.34. The summed E-state index contributed by atoms with van der Waals surface area (Å²) in [6.07, 6.45) is 4.37. The number of thioether (sulfide) groups is 1. The first-order valence-corrected chi connectivity index (χ1v) is 7.00. The van der Waals surface area contributed by atoms with Gasteiger partial charge in [0.15, 0.2) is 5.16 Å². The van der Waals surface area contributed by atoms with E-state index in [2.05, 4.69) is 43.9 Å². The molecule has 0 unspecified atom stereocenters. The average molecular weight is 300 g/mol. The fourth-order valence-electron chi connectivity index (χ4n) is 1.49. The minimum atomic E-state index is 0.619.